The monoisotopic (exact) mass is 386 g/mol. The number of aromatic nitrogens is 3. The van der Waals surface area contributed by atoms with Gasteiger partial charge < -0.3 is 19.9 Å². The molecule has 0 aromatic carbocycles. The van der Waals surface area contributed by atoms with Crippen LogP contribution in [0.15, 0.2) is 12.3 Å². The standard InChI is InChI=1S/C20H30N6O2/c1-14(27)22-17-11-16-15(12-21-17)19(23-26(16)18-7-5-6-10-28-18)25-9-8-20(2,13-25)24(3)4/h11-12,18H,5-10,13H2,1-4H3,(H,21,22,27). The molecule has 2 aromatic rings. The van der Waals surface area contributed by atoms with Gasteiger partial charge in [-0.1, -0.05) is 0 Å². The maximum absolute atomic E-state index is 11.5. The summed E-state index contributed by atoms with van der Waals surface area (Å²) in [5.74, 6) is 1.37. The summed E-state index contributed by atoms with van der Waals surface area (Å²) >= 11 is 0. The molecule has 1 N–H and O–H groups in total. The van der Waals surface area contributed by atoms with Crippen molar-refractivity contribution in [3.63, 3.8) is 0 Å². The summed E-state index contributed by atoms with van der Waals surface area (Å²) in [7, 11) is 4.27. The van der Waals surface area contributed by atoms with Crippen molar-refractivity contribution in [2.24, 2.45) is 0 Å². The van der Waals surface area contributed by atoms with Crippen LogP contribution in [0.4, 0.5) is 11.6 Å². The van der Waals surface area contributed by atoms with E-state index in [-0.39, 0.29) is 17.7 Å². The number of nitrogens with one attached hydrogen (secondary N) is 1. The molecule has 0 radical (unpaired) electrons. The van der Waals surface area contributed by atoms with Crippen LogP contribution in [0.5, 0.6) is 0 Å². The van der Waals surface area contributed by atoms with Crippen LogP contribution in [0.1, 0.15) is 45.8 Å². The lowest BCUT2D eigenvalue weighted by atomic mass is 10.0. The Balaban J connectivity index is 1.75. The van der Waals surface area contributed by atoms with Crippen molar-refractivity contribution < 1.29 is 9.53 Å². The van der Waals surface area contributed by atoms with E-state index >= 15 is 0 Å². The summed E-state index contributed by atoms with van der Waals surface area (Å²) in [5, 5.41) is 8.77. The highest BCUT2D eigenvalue weighted by molar-refractivity contribution is 5.94. The molecule has 1 amide bonds. The van der Waals surface area contributed by atoms with Crippen molar-refractivity contribution in [1.29, 1.82) is 0 Å². The van der Waals surface area contributed by atoms with Gasteiger partial charge in [-0.05, 0) is 46.7 Å². The average molecular weight is 387 g/mol. The average Bonchev–Trinajstić information content (AvgIpc) is 3.23. The third kappa shape index (κ3) is 3.46. The van der Waals surface area contributed by atoms with Gasteiger partial charge in [0, 0.05) is 44.4 Å². The minimum atomic E-state index is -0.131. The van der Waals surface area contributed by atoms with Crippen molar-refractivity contribution in [2.75, 3.05) is 44.0 Å². The summed E-state index contributed by atoms with van der Waals surface area (Å²) in [6, 6.07) is 1.91. The molecule has 2 aromatic heterocycles. The molecule has 8 heteroatoms. The number of amides is 1. The molecular formula is C20H30N6O2. The van der Waals surface area contributed by atoms with Gasteiger partial charge in [0.05, 0.1) is 10.9 Å². The topological polar surface area (TPSA) is 75.5 Å². The lowest BCUT2D eigenvalue weighted by Crippen LogP contribution is -2.43. The summed E-state index contributed by atoms with van der Waals surface area (Å²) in [6.45, 7) is 6.42. The first kappa shape index (κ1) is 19.1. The Kier molecular flexibility index (Phi) is 5.01. The normalized spacial score (nSPS) is 25.6. The van der Waals surface area contributed by atoms with Crippen molar-refractivity contribution in [3.05, 3.63) is 12.3 Å². The molecule has 0 spiro atoms. The zero-order chi connectivity index (χ0) is 19.9. The second-order valence-corrected chi connectivity index (χ2v) is 8.42. The van der Waals surface area contributed by atoms with Gasteiger partial charge >= 0.3 is 0 Å². The van der Waals surface area contributed by atoms with Crippen LogP contribution >= 0.6 is 0 Å². The van der Waals surface area contributed by atoms with Gasteiger partial charge in [0.1, 0.15) is 5.82 Å². The first-order valence-electron chi connectivity index (χ1n) is 10.1. The molecule has 2 fully saturated rings. The van der Waals surface area contributed by atoms with E-state index in [2.05, 4.69) is 41.1 Å². The molecule has 2 aliphatic heterocycles. The van der Waals surface area contributed by atoms with Gasteiger partial charge in [-0.15, -0.1) is 0 Å². The van der Waals surface area contributed by atoms with Gasteiger partial charge in [-0.25, -0.2) is 9.67 Å². The third-order valence-corrected chi connectivity index (χ3v) is 6.14. The fraction of sp³-hybridized carbons (Fsp3) is 0.650. The summed E-state index contributed by atoms with van der Waals surface area (Å²) in [4.78, 5) is 20.6. The Morgan fingerprint density at radius 3 is 2.86 bits per heavy atom. The highest BCUT2D eigenvalue weighted by Gasteiger charge is 2.37. The predicted octanol–water partition coefficient (Wildman–Crippen LogP) is 2.62. The van der Waals surface area contributed by atoms with Crippen LogP contribution in [0.3, 0.4) is 0 Å². The molecule has 152 valence electrons. The molecule has 0 aliphatic carbocycles. The van der Waals surface area contributed by atoms with Crippen LogP contribution in [-0.4, -0.2) is 64.9 Å². The first-order valence-corrected chi connectivity index (χ1v) is 10.1. The highest BCUT2D eigenvalue weighted by atomic mass is 16.5. The molecule has 2 saturated heterocycles. The van der Waals surface area contributed by atoms with E-state index in [1.165, 1.54) is 6.92 Å². The quantitative estimate of drug-likeness (QED) is 0.871. The molecule has 2 unspecified atom stereocenters. The van der Waals surface area contributed by atoms with Gasteiger partial charge in [0.15, 0.2) is 12.0 Å². The summed E-state index contributed by atoms with van der Waals surface area (Å²) in [5.41, 5.74) is 1.08. The minimum absolute atomic E-state index is 0.0691. The summed E-state index contributed by atoms with van der Waals surface area (Å²) < 4.78 is 8.00. The fourth-order valence-electron chi connectivity index (χ4n) is 4.13. The number of nitrogens with zero attached hydrogens (tertiary/aromatic N) is 5. The number of fused-ring (bicyclic) bond motifs is 1. The van der Waals surface area contributed by atoms with Crippen molar-refractivity contribution in [3.8, 4) is 0 Å². The molecule has 28 heavy (non-hydrogen) atoms. The zero-order valence-corrected chi connectivity index (χ0v) is 17.2. The zero-order valence-electron chi connectivity index (χ0n) is 17.2. The van der Waals surface area contributed by atoms with E-state index in [4.69, 9.17) is 9.84 Å². The van der Waals surface area contributed by atoms with Crippen LogP contribution in [0.25, 0.3) is 10.9 Å². The number of hydrogen-bond acceptors (Lipinski definition) is 6. The van der Waals surface area contributed by atoms with Crippen molar-refractivity contribution >= 4 is 28.4 Å². The number of anilines is 2. The number of hydrogen-bond donors (Lipinski definition) is 1. The fourth-order valence-corrected chi connectivity index (χ4v) is 4.13. The van der Waals surface area contributed by atoms with E-state index in [1.54, 1.807) is 0 Å². The predicted molar refractivity (Wildman–Crippen MR) is 110 cm³/mol. The van der Waals surface area contributed by atoms with Crippen molar-refractivity contribution in [2.45, 2.75) is 51.3 Å². The molecule has 2 aliphatic rings. The van der Waals surface area contributed by atoms with E-state index < -0.39 is 0 Å². The lowest BCUT2D eigenvalue weighted by molar-refractivity contribution is -0.114. The summed E-state index contributed by atoms with van der Waals surface area (Å²) in [6.07, 6.45) is 6.02. The maximum atomic E-state index is 11.5. The van der Waals surface area contributed by atoms with Gasteiger partial charge in [-0.2, -0.15) is 5.10 Å². The largest absolute Gasteiger partial charge is 0.356 e. The minimum Gasteiger partial charge on any atom is -0.356 e. The number of likely N-dealkylation sites (N-methyl/N-ethyl adjacent to an activating group) is 1. The number of carbonyl (C=O) groups excluding carboxylic acids is 1. The van der Waals surface area contributed by atoms with E-state index in [1.807, 2.05) is 16.9 Å². The molecule has 2 atom stereocenters. The Morgan fingerprint density at radius 2 is 2.21 bits per heavy atom. The van der Waals surface area contributed by atoms with Crippen LogP contribution < -0.4 is 10.2 Å². The van der Waals surface area contributed by atoms with E-state index in [0.717, 1.165) is 62.1 Å². The molecule has 0 saturated carbocycles. The number of carbonyl (C=O) groups is 1. The molecule has 4 rings (SSSR count). The van der Waals surface area contributed by atoms with Crippen LogP contribution in [-0.2, 0) is 9.53 Å². The first-order chi connectivity index (χ1) is 13.4. The Labute approximate surface area is 165 Å². The highest BCUT2D eigenvalue weighted by Crippen LogP contribution is 2.36. The number of ether oxygens (including phenoxy) is 1. The molecule has 4 heterocycles. The van der Waals surface area contributed by atoms with Crippen LogP contribution in [0, 0.1) is 0 Å². The molecular weight excluding hydrogens is 356 g/mol. The number of rotatable bonds is 4. The lowest BCUT2D eigenvalue weighted by Gasteiger charge is -2.32. The van der Waals surface area contributed by atoms with Crippen molar-refractivity contribution in [1.82, 2.24) is 19.7 Å². The van der Waals surface area contributed by atoms with E-state index in [9.17, 15) is 4.79 Å². The smallest absolute Gasteiger partial charge is 0.222 e. The van der Waals surface area contributed by atoms with Crippen LogP contribution in [0.2, 0.25) is 0 Å². The Bertz CT molecular complexity index is 873. The second kappa shape index (κ2) is 7.33. The van der Waals surface area contributed by atoms with Gasteiger partial charge in [0.2, 0.25) is 5.91 Å². The number of pyridine rings is 1. The molecule has 8 nitrogen and oxygen atoms in total. The maximum Gasteiger partial charge on any atom is 0.222 e. The Hall–Kier alpha value is -2.19. The third-order valence-electron chi connectivity index (χ3n) is 6.14. The van der Waals surface area contributed by atoms with Gasteiger partial charge in [-0.3, -0.25) is 4.79 Å². The van der Waals surface area contributed by atoms with E-state index in [0.29, 0.717) is 5.82 Å². The SMILES string of the molecule is CC(=O)Nc1cc2c(cn1)c(N1CCC(C)(N(C)C)C1)nn2C1CCCCO1. The van der Waals surface area contributed by atoms with Gasteiger partial charge in [0.25, 0.3) is 0 Å². The second-order valence-electron chi connectivity index (χ2n) is 8.42. The molecule has 0 bridgehead atoms. The Morgan fingerprint density at radius 1 is 1.39 bits per heavy atom.